The number of carbonyl (C=O) groups is 1. The third kappa shape index (κ3) is 2.86. The highest BCUT2D eigenvalue weighted by Crippen LogP contribution is 2.22. The topological polar surface area (TPSA) is 35.6 Å². The van der Waals surface area contributed by atoms with Crippen molar-refractivity contribution < 1.29 is 4.79 Å². The molecule has 18 heavy (non-hydrogen) atoms. The van der Waals surface area contributed by atoms with Gasteiger partial charge in [0, 0.05) is 32.2 Å². The highest BCUT2D eigenvalue weighted by Gasteiger charge is 2.34. The number of rotatable bonds is 3. The Hall–Kier alpha value is -0.610. The molecular weight excluding hydrogens is 226 g/mol. The summed E-state index contributed by atoms with van der Waals surface area (Å²) in [6, 6.07) is 0.795. The fourth-order valence-electron chi connectivity index (χ4n) is 3.26. The first-order valence-corrected chi connectivity index (χ1v) is 7.36. The van der Waals surface area contributed by atoms with Crippen molar-refractivity contribution in [2.24, 2.45) is 5.92 Å². The van der Waals surface area contributed by atoms with Crippen LogP contribution in [0.4, 0.5) is 0 Å². The van der Waals surface area contributed by atoms with E-state index in [0.717, 1.165) is 45.4 Å². The molecule has 0 radical (unpaired) electrons. The summed E-state index contributed by atoms with van der Waals surface area (Å²) in [5, 5.41) is 3.37. The molecule has 4 nitrogen and oxygen atoms in total. The molecule has 1 amide bonds. The second kappa shape index (κ2) is 6.02. The molecule has 0 aromatic carbocycles. The standard InChI is InChI=1S/C14H27N3O/c1-4-17-9-6-12(7-10-17)16(3)14(18)13-5-8-15-11(13)2/h11-13,15H,4-10H2,1-3H3. The first kappa shape index (κ1) is 13.8. The molecule has 0 bridgehead atoms. The van der Waals surface area contributed by atoms with E-state index in [-0.39, 0.29) is 5.92 Å². The van der Waals surface area contributed by atoms with E-state index in [1.165, 1.54) is 0 Å². The van der Waals surface area contributed by atoms with Crippen molar-refractivity contribution in [3.63, 3.8) is 0 Å². The number of likely N-dealkylation sites (tertiary alicyclic amines) is 1. The van der Waals surface area contributed by atoms with Crippen molar-refractivity contribution in [2.75, 3.05) is 33.2 Å². The van der Waals surface area contributed by atoms with E-state index in [1.807, 2.05) is 11.9 Å². The molecule has 0 aromatic heterocycles. The fraction of sp³-hybridized carbons (Fsp3) is 0.929. The SMILES string of the molecule is CCN1CCC(N(C)C(=O)C2CCNC2C)CC1. The van der Waals surface area contributed by atoms with Crippen molar-refractivity contribution in [3.8, 4) is 0 Å². The number of amides is 1. The largest absolute Gasteiger partial charge is 0.342 e. The van der Waals surface area contributed by atoms with E-state index in [1.54, 1.807) is 0 Å². The summed E-state index contributed by atoms with van der Waals surface area (Å²) in [5.74, 6) is 0.543. The number of nitrogens with one attached hydrogen (secondary N) is 1. The summed E-state index contributed by atoms with van der Waals surface area (Å²) in [7, 11) is 2.00. The molecule has 0 spiro atoms. The zero-order valence-corrected chi connectivity index (χ0v) is 12.0. The van der Waals surface area contributed by atoms with Crippen molar-refractivity contribution in [1.82, 2.24) is 15.1 Å². The molecule has 0 aliphatic carbocycles. The minimum absolute atomic E-state index is 0.194. The average molecular weight is 253 g/mol. The van der Waals surface area contributed by atoms with Crippen molar-refractivity contribution in [1.29, 1.82) is 0 Å². The maximum Gasteiger partial charge on any atom is 0.227 e. The van der Waals surface area contributed by atoms with E-state index in [2.05, 4.69) is 24.1 Å². The van der Waals surface area contributed by atoms with Crippen molar-refractivity contribution >= 4 is 5.91 Å². The van der Waals surface area contributed by atoms with E-state index in [4.69, 9.17) is 0 Å². The summed E-state index contributed by atoms with van der Waals surface area (Å²) < 4.78 is 0. The predicted octanol–water partition coefficient (Wildman–Crippen LogP) is 0.927. The lowest BCUT2D eigenvalue weighted by atomic mass is 9.97. The lowest BCUT2D eigenvalue weighted by Crippen LogP contribution is -2.48. The normalized spacial score (nSPS) is 30.6. The first-order chi connectivity index (χ1) is 8.63. The van der Waals surface area contributed by atoms with Crippen molar-refractivity contribution in [3.05, 3.63) is 0 Å². The van der Waals surface area contributed by atoms with Gasteiger partial charge in [0.1, 0.15) is 0 Å². The Bertz CT molecular complexity index is 287. The number of carbonyl (C=O) groups excluding carboxylic acids is 1. The molecule has 4 heteroatoms. The Morgan fingerprint density at radius 1 is 1.33 bits per heavy atom. The molecule has 0 aromatic rings. The minimum atomic E-state index is 0.194. The summed E-state index contributed by atoms with van der Waals surface area (Å²) >= 11 is 0. The third-order valence-electron chi connectivity index (χ3n) is 4.74. The molecule has 2 aliphatic rings. The van der Waals surface area contributed by atoms with Gasteiger partial charge in [-0.2, -0.15) is 0 Å². The van der Waals surface area contributed by atoms with Gasteiger partial charge in [0.25, 0.3) is 0 Å². The van der Waals surface area contributed by atoms with Crippen LogP contribution in [0.2, 0.25) is 0 Å². The molecule has 2 heterocycles. The van der Waals surface area contributed by atoms with E-state index in [0.29, 0.717) is 18.0 Å². The van der Waals surface area contributed by atoms with Crippen LogP contribution in [-0.2, 0) is 4.79 Å². The first-order valence-electron chi connectivity index (χ1n) is 7.36. The minimum Gasteiger partial charge on any atom is -0.342 e. The lowest BCUT2D eigenvalue weighted by molar-refractivity contribution is -0.137. The summed E-state index contributed by atoms with van der Waals surface area (Å²) in [5.41, 5.74) is 0. The second-order valence-electron chi connectivity index (χ2n) is 5.75. The maximum absolute atomic E-state index is 12.5. The predicted molar refractivity (Wildman–Crippen MR) is 73.5 cm³/mol. The van der Waals surface area contributed by atoms with Gasteiger partial charge in [-0.15, -0.1) is 0 Å². The molecule has 104 valence electrons. The second-order valence-corrected chi connectivity index (χ2v) is 5.75. The van der Waals surface area contributed by atoms with Crippen LogP contribution in [0.1, 0.15) is 33.1 Å². The Morgan fingerprint density at radius 2 is 2.00 bits per heavy atom. The number of piperidine rings is 1. The molecule has 2 aliphatic heterocycles. The van der Waals surface area contributed by atoms with Gasteiger partial charge < -0.3 is 15.1 Å². The van der Waals surface area contributed by atoms with Gasteiger partial charge >= 0.3 is 0 Å². The van der Waals surface area contributed by atoms with Gasteiger partial charge in [-0.25, -0.2) is 0 Å². The van der Waals surface area contributed by atoms with Crippen LogP contribution in [-0.4, -0.2) is 61.0 Å². The molecule has 2 atom stereocenters. The molecule has 2 saturated heterocycles. The lowest BCUT2D eigenvalue weighted by Gasteiger charge is -2.37. The van der Waals surface area contributed by atoms with E-state index in [9.17, 15) is 4.79 Å². The summed E-state index contributed by atoms with van der Waals surface area (Å²) in [6.45, 7) is 8.73. The average Bonchev–Trinajstić information content (AvgIpc) is 2.83. The smallest absolute Gasteiger partial charge is 0.227 e. The Balaban J connectivity index is 1.87. The van der Waals surface area contributed by atoms with E-state index < -0.39 is 0 Å². The van der Waals surface area contributed by atoms with Crippen LogP contribution < -0.4 is 5.32 Å². The zero-order valence-electron chi connectivity index (χ0n) is 12.0. The van der Waals surface area contributed by atoms with Gasteiger partial charge in [0.15, 0.2) is 0 Å². The Morgan fingerprint density at radius 3 is 2.50 bits per heavy atom. The van der Waals surface area contributed by atoms with Crippen LogP contribution in [0.15, 0.2) is 0 Å². The van der Waals surface area contributed by atoms with Crippen LogP contribution >= 0.6 is 0 Å². The third-order valence-corrected chi connectivity index (χ3v) is 4.74. The van der Waals surface area contributed by atoms with Gasteiger partial charge in [-0.05, 0) is 39.3 Å². The van der Waals surface area contributed by atoms with Gasteiger partial charge in [-0.1, -0.05) is 6.92 Å². The highest BCUT2D eigenvalue weighted by atomic mass is 16.2. The molecule has 2 unspecified atom stereocenters. The monoisotopic (exact) mass is 253 g/mol. The quantitative estimate of drug-likeness (QED) is 0.812. The van der Waals surface area contributed by atoms with Crippen LogP contribution in [0.3, 0.4) is 0 Å². The molecule has 2 rings (SSSR count). The molecular formula is C14H27N3O. The summed E-state index contributed by atoms with van der Waals surface area (Å²) in [4.78, 5) is 17.0. The van der Waals surface area contributed by atoms with Crippen LogP contribution in [0.5, 0.6) is 0 Å². The number of hydrogen-bond donors (Lipinski definition) is 1. The van der Waals surface area contributed by atoms with Crippen molar-refractivity contribution in [2.45, 2.75) is 45.2 Å². The summed E-state index contributed by atoms with van der Waals surface area (Å²) in [6.07, 6.45) is 3.26. The molecule has 2 fully saturated rings. The zero-order chi connectivity index (χ0) is 13.1. The maximum atomic E-state index is 12.5. The molecule has 1 N–H and O–H groups in total. The number of hydrogen-bond acceptors (Lipinski definition) is 3. The van der Waals surface area contributed by atoms with Gasteiger partial charge in [-0.3, -0.25) is 4.79 Å². The highest BCUT2D eigenvalue weighted by molar-refractivity contribution is 5.80. The van der Waals surface area contributed by atoms with E-state index >= 15 is 0 Å². The van der Waals surface area contributed by atoms with Gasteiger partial charge in [0.2, 0.25) is 5.91 Å². The number of nitrogens with zero attached hydrogens (tertiary/aromatic N) is 2. The Labute approximate surface area is 111 Å². The van der Waals surface area contributed by atoms with Gasteiger partial charge in [0.05, 0.1) is 5.92 Å². The fourth-order valence-corrected chi connectivity index (χ4v) is 3.26. The molecule has 0 saturated carbocycles. The van der Waals surface area contributed by atoms with Crippen LogP contribution in [0, 0.1) is 5.92 Å². The van der Waals surface area contributed by atoms with Crippen LogP contribution in [0.25, 0.3) is 0 Å². The Kier molecular flexibility index (Phi) is 4.62.